The lowest BCUT2D eigenvalue weighted by molar-refractivity contribution is -0.125. The van der Waals surface area contributed by atoms with E-state index in [-0.39, 0.29) is 24.2 Å². The normalized spacial score (nSPS) is 20.5. The van der Waals surface area contributed by atoms with E-state index >= 15 is 0 Å². The summed E-state index contributed by atoms with van der Waals surface area (Å²) >= 11 is 5.97. The number of carbonyl (C=O) groups is 2. The number of halogens is 1. The quantitative estimate of drug-likeness (QED) is 0.774. The van der Waals surface area contributed by atoms with Crippen LogP contribution in [-0.2, 0) is 16.0 Å². The van der Waals surface area contributed by atoms with Crippen LogP contribution in [0.1, 0.15) is 12.0 Å². The summed E-state index contributed by atoms with van der Waals surface area (Å²) in [5, 5.41) is 2.93. The molecule has 1 heterocycles. The van der Waals surface area contributed by atoms with Crippen LogP contribution in [-0.4, -0.2) is 11.8 Å². The minimum atomic E-state index is -0.266. The van der Waals surface area contributed by atoms with Crippen LogP contribution in [0.5, 0.6) is 0 Å². The van der Waals surface area contributed by atoms with Gasteiger partial charge in [0.1, 0.15) is 0 Å². The van der Waals surface area contributed by atoms with E-state index < -0.39 is 0 Å². The summed E-state index contributed by atoms with van der Waals surface area (Å²) < 4.78 is 0. The first-order valence-electron chi connectivity index (χ1n) is 4.74. The molecule has 1 unspecified atom stereocenters. The molecule has 15 heavy (non-hydrogen) atoms. The van der Waals surface area contributed by atoms with Crippen LogP contribution < -0.4 is 5.32 Å². The van der Waals surface area contributed by atoms with E-state index in [0.29, 0.717) is 11.4 Å². The van der Waals surface area contributed by atoms with Crippen molar-refractivity contribution < 1.29 is 9.59 Å². The Morgan fingerprint density at radius 1 is 1.33 bits per heavy atom. The highest BCUT2D eigenvalue weighted by molar-refractivity contribution is 6.31. The average molecular weight is 224 g/mol. The standard InChI is InChI=1S/C11H10ClNO2/c12-9-4-2-1-3-7(9)5-8-6-10(14)13-11(8)15/h1-4,8H,5-6H2,(H,13,14,15). The lowest BCUT2D eigenvalue weighted by Gasteiger charge is -2.07. The minimum absolute atomic E-state index is 0.195. The molecular formula is C11H10ClNO2. The maximum absolute atomic E-state index is 11.3. The Kier molecular flexibility index (Phi) is 2.73. The van der Waals surface area contributed by atoms with Gasteiger partial charge in [0.15, 0.2) is 0 Å². The molecule has 4 heteroatoms. The number of amides is 2. The number of benzene rings is 1. The molecule has 1 fully saturated rings. The minimum Gasteiger partial charge on any atom is -0.296 e. The van der Waals surface area contributed by atoms with Crippen molar-refractivity contribution in [2.75, 3.05) is 0 Å². The van der Waals surface area contributed by atoms with Crippen molar-refractivity contribution in [2.24, 2.45) is 5.92 Å². The van der Waals surface area contributed by atoms with Crippen molar-refractivity contribution in [3.8, 4) is 0 Å². The van der Waals surface area contributed by atoms with E-state index in [1.54, 1.807) is 6.07 Å². The van der Waals surface area contributed by atoms with Crippen LogP contribution in [0.15, 0.2) is 24.3 Å². The predicted molar refractivity (Wildman–Crippen MR) is 56.4 cm³/mol. The van der Waals surface area contributed by atoms with Gasteiger partial charge in [0.05, 0.1) is 5.92 Å². The molecule has 1 aromatic carbocycles. The fraction of sp³-hybridized carbons (Fsp3) is 0.273. The van der Waals surface area contributed by atoms with Crippen molar-refractivity contribution >= 4 is 23.4 Å². The van der Waals surface area contributed by atoms with Crippen molar-refractivity contribution in [1.29, 1.82) is 0 Å². The Hall–Kier alpha value is -1.35. The highest BCUT2D eigenvalue weighted by Crippen LogP contribution is 2.22. The second-order valence-electron chi connectivity index (χ2n) is 3.61. The SMILES string of the molecule is O=C1CC(Cc2ccccc2Cl)C(=O)N1. The van der Waals surface area contributed by atoms with Crippen LogP contribution >= 0.6 is 11.6 Å². The van der Waals surface area contributed by atoms with E-state index in [1.165, 1.54) is 0 Å². The summed E-state index contributed by atoms with van der Waals surface area (Å²) in [5.74, 6) is -0.658. The molecule has 1 aromatic rings. The number of rotatable bonds is 2. The van der Waals surface area contributed by atoms with Crippen LogP contribution in [0.3, 0.4) is 0 Å². The third-order valence-electron chi connectivity index (χ3n) is 2.49. The largest absolute Gasteiger partial charge is 0.296 e. The van der Waals surface area contributed by atoms with Crippen LogP contribution in [0.25, 0.3) is 0 Å². The maximum Gasteiger partial charge on any atom is 0.230 e. The Labute approximate surface area is 92.4 Å². The number of hydrogen-bond acceptors (Lipinski definition) is 2. The third kappa shape index (κ3) is 2.18. The highest BCUT2D eigenvalue weighted by Gasteiger charge is 2.30. The molecule has 0 radical (unpaired) electrons. The Morgan fingerprint density at radius 2 is 2.07 bits per heavy atom. The molecule has 0 saturated carbocycles. The zero-order chi connectivity index (χ0) is 10.8. The summed E-state index contributed by atoms with van der Waals surface area (Å²) in [6, 6.07) is 7.37. The Bertz CT molecular complexity index is 417. The number of imide groups is 1. The summed E-state index contributed by atoms with van der Waals surface area (Å²) in [7, 11) is 0. The second kappa shape index (κ2) is 4.03. The highest BCUT2D eigenvalue weighted by atomic mass is 35.5. The van der Waals surface area contributed by atoms with Gasteiger partial charge in [-0.2, -0.15) is 0 Å². The lowest BCUT2D eigenvalue weighted by atomic mass is 9.98. The van der Waals surface area contributed by atoms with Gasteiger partial charge >= 0.3 is 0 Å². The molecule has 0 bridgehead atoms. The first-order valence-corrected chi connectivity index (χ1v) is 5.11. The van der Waals surface area contributed by atoms with Gasteiger partial charge < -0.3 is 0 Å². The molecule has 1 aliphatic rings. The molecule has 0 aromatic heterocycles. The summed E-state index contributed by atoms with van der Waals surface area (Å²) in [6.07, 6.45) is 0.793. The Morgan fingerprint density at radius 3 is 2.67 bits per heavy atom. The van der Waals surface area contributed by atoms with Gasteiger partial charge in [-0.25, -0.2) is 0 Å². The summed E-state index contributed by atoms with van der Waals surface area (Å²) in [5.41, 5.74) is 0.911. The van der Waals surface area contributed by atoms with Crippen molar-refractivity contribution in [3.05, 3.63) is 34.9 Å². The first-order chi connectivity index (χ1) is 7.16. The maximum atomic E-state index is 11.3. The molecule has 2 rings (SSSR count). The molecule has 1 atom stereocenters. The average Bonchev–Trinajstić information content (AvgIpc) is 2.49. The molecule has 1 aliphatic heterocycles. The summed E-state index contributed by atoms with van der Waals surface area (Å²) in [4.78, 5) is 22.3. The number of carbonyl (C=O) groups excluding carboxylic acids is 2. The van der Waals surface area contributed by atoms with Gasteiger partial charge in [0, 0.05) is 11.4 Å². The monoisotopic (exact) mass is 223 g/mol. The molecular weight excluding hydrogens is 214 g/mol. The molecule has 1 N–H and O–H groups in total. The van der Waals surface area contributed by atoms with E-state index in [1.807, 2.05) is 18.2 Å². The molecule has 78 valence electrons. The zero-order valence-electron chi connectivity index (χ0n) is 8.00. The van der Waals surface area contributed by atoms with E-state index in [2.05, 4.69) is 5.32 Å². The van der Waals surface area contributed by atoms with Crippen molar-refractivity contribution in [1.82, 2.24) is 5.32 Å². The van der Waals surface area contributed by atoms with Gasteiger partial charge in [0.25, 0.3) is 0 Å². The fourth-order valence-corrected chi connectivity index (χ4v) is 1.91. The smallest absolute Gasteiger partial charge is 0.230 e. The molecule has 0 spiro atoms. The second-order valence-corrected chi connectivity index (χ2v) is 4.02. The van der Waals surface area contributed by atoms with Crippen LogP contribution in [0, 0.1) is 5.92 Å². The summed E-state index contributed by atoms with van der Waals surface area (Å²) in [6.45, 7) is 0. The van der Waals surface area contributed by atoms with Crippen LogP contribution in [0.2, 0.25) is 5.02 Å². The van der Waals surface area contributed by atoms with E-state index in [9.17, 15) is 9.59 Å². The van der Waals surface area contributed by atoms with Gasteiger partial charge in [-0.1, -0.05) is 29.8 Å². The van der Waals surface area contributed by atoms with Crippen LogP contribution in [0.4, 0.5) is 0 Å². The van der Waals surface area contributed by atoms with Crippen molar-refractivity contribution in [2.45, 2.75) is 12.8 Å². The number of nitrogens with one attached hydrogen (secondary N) is 1. The molecule has 2 amide bonds. The van der Waals surface area contributed by atoms with Gasteiger partial charge in [-0.05, 0) is 18.1 Å². The number of hydrogen-bond donors (Lipinski definition) is 1. The first kappa shape index (κ1) is 10.2. The fourth-order valence-electron chi connectivity index (χ4n) is 1.70. The molecule has 1 saturated heterocycles. The van der Waals surface area contributed by atoms with Gasteiger partial charge in [0.2, 0.25) is 11.8 Å². The lowest BCUT2D eigenvalue weighted by Crippen LogP contribution is -2.22. The zero-order valence-corrected chi connectivity index (χ0v) is 8.75. The predicted octanol–water partition coefficient (Wildman–Crippen LogP) is 1.55. The van der Waals surface area contributed by atoms with E-state index in [4.69, 9.17) is 11.6 Å². The van der Waals surface area contributed by atoms with Crippen molar-refractivity contribution in [3.63, 3.8) is 0 Å². The molecule has 3 nitrogen and oxygen atoms in total. The molecule has 0 aliphatic carbocycles. The van der Waals surface area contributed by atoms with Gasteiger partial charge in [-0.15, -0.1) is 0 Å². The Balaban J connectivity index is 2.13. The van der Waals surface area contributed by atoms with E-state index in [0.717, 1.165) is 5.56 Å². The van der Waals surface area contributed by atoms with Gasteiger partial charge in [-0.3, -0.25) is 14.9 Å². The topological polar surface area (TPSA) is 46.2 Å². The third-order valence-corrected chi connectivity index (χ3v) is 2.86.